The van der Waals surface area contributed by atoms with Gasteiger partial charge < -0.3 is 9.80 Å². The van der Waals surface area contributed by atoms with Crippen LogP contribution in [-0.2, 0) is 10.8 Å². The molecule has 0 saturated carbocycles. The molecular weight excluding hydrogens is 659 g/mol. The van der Waals surface area contributed by atoms with Crippen molar-refractivity contribution in [2.24, 2.45) is 0 Å². The highest BCUT2D eigenvalue weighted by Crippen LogP contribution is 2.52. The Labute approximate surface area is 319 Å². The van der Waals surface area contributed by atoms with Crippen LogP contribution in [0.15, 0.2) is 127 Å². The van der Waals surface area contributed by atoms with Crippen molar-refractivity contribution in [3.8, 4) is 0 Å². The zero-order valence-electron chi connectivity index (χ0n) is 31.8. The summed E-state index contributed by atoms with van der Waals surface area (Å²) in [5.74, 6) is 0.484. The monoisotopic (exact) mass is 706 g/mol. The number of benzene rings is 5. The van der Waals surface area contributed by atoms with E-state index in [1.165, 1.54) is 101 Å². The molecule has 0 N–H and O–H groups in total. The van der Waals surface area contributed by atoms with Gasteiger partial charge in [0.05, 0.1) is 5.69 Å². The second-order valence-corrected chi connectivity index (χ2v) is 18.3. The van der Waals surface area contributed by atoms with Gasteiger partial charge in [-0.1, -0.05) is 126 Å². The predicted octanol–water partition coefficient (Wildman–Crippen LogP) is 11.9. The van der Waals surface area contributed by atoms with Crippen LogP contribution in [0, 0.1) is 0 Å². The van der Waals surface area contributed by atoms with E-state index < -0.39 is 0 Å². The van der Waals surface area contributed by atoms with Gasteiger partial charge in [-0.15, -0.1) is 11.3 Å². The van der Waals surface area contributed by atoms with Crippen molar-refractivity contribution in [3.63, 3.8) is 0 Å². The number of thiophene rings is 1. The molecule has 4 aliphatic rings. The first kappa shape index (κ1) is 32.8. The Hall–Kier alpha value is -4.80. The van der Waals surface area contributed by atoms with Crippen LogP contribution in [0.1, 0.15) is 95.4 Å². The largest absolute Gasteiger partial charge is 0.311 e. The number of anilines is 5. The molecule has 53 heavy (non-hydrogen) atoms. The van der Waals surface area contributed by atoms with E-state index in [1.807, 2.05) is 11.3 Å². The fraction of sp³-hybridized carbons (Fsp3) is 0.265. The van der Waals surface area contributed by atoms with Crippen molar-refractivity contribution < 1.29 is 0 Å². The van der Waals surface area contributed by atoms with Gasteiger partial charge in [0.2, 0.25) is 0 Å². The van der Waals surface area contributed by atoms with Crippen LogP contribution in [0.25, 0.3) is 15.7 Å². The molecule has 2 aliphatic heterocycles. The Morgan fingerprint density at radius 2 is 1.32 bits per heavy atom. The minimum atomic E-state index is 0.106. The summed E-state index contributed by atoms with van der Waals surface area (Å²) in [6, 6.07) is 41.9. The average Bonchev–Trinajstić information content (AvgIpc) is 3.56. The summed E-state index contributed by atoms with van der Waals surface area (Å²) in [6.45, 7) is 14.6. The molecule has 0 unspecified atom stereocenters. The fourth-order valence-corrected chi connectivity index (χ4v) is 11.0. The third kappa shape index (κ3) is 4.91. The van der Waals surface area contributed by atoms with Gasteiger partial charge in [0, 0.05) is 48.9 Å². The van der Waals surface area contributed by atoms with E-state index in [9.17, 15) is 0 Å². The summed E-state index contributed by atoms with van der Waals surface area (Å²) in [5.41, 5.74) is 17.9. The molecule has 262 valence electrons. The number of fused-ring (bicyclic) bond motifs is 7. The number of rotatable bonds is 4. The molecule has 0 bridgehead atoms. The van der Waals surface area contributed by atoms with Gasteiger partial charge in [0.25, 0.3) is 6.71 Å². The highest BCUT2D eigenvalue weighted by atomic mass is 32.1. The van der Waals surface area contributed by atoms with Crippen LogP contribution in [0.3, 0.4) is 0 Å². The minimum Gasteiger partial charge on any atom is -0.311 e. The van der Waals surface area contributed by atoms with Crippen molar-refractivity contribution in [3.05, 3.63) is 149 Å². The van der Waals surface area contributed by atoms with Gasteiger partial charge in [0.15, 0.2) is 0 Å². The first-order valence-corrected chi connectivity index (χ1v) is 20.4. The maximum absolute atomic E-state index is 2.66. The zero-order valence-corrected chi connectivity index (χ0v) is 32.6. The number of hydrogen-bond acceptors (Lipinski definition) is 3. The SMILES string of the molecule is CC(C)c1ccc(N2c3cc4c(cc3B3c5sc6ccccc6c5N(C5=CCCC=C5c5ccccc5)c5cccc2c53)C(C)(C)CCC4(C)C)cc1. The second kappa shape index (κ2) is 11.9. The standard InChI is InChI=1S/C49H47BN2S/c1-31(2)32-23-25-34(26-24-32)51-41-20-14-21-42-45(41)50(39-29-37-38(30-43(39)51)49(5,6)28-27-48(37,3)4)47-46(36-18-11-13-22-44(36)53-47)52(42)40-19-12-10-17-35(40)33-15-8-7-9-16-33/h7-9,11,13-26,29-31H,10,12,27-28H2,1-6H3. The Kier molecular flexibility index (Phi) is 7.34. The third-order valence-corrected chi connectivity index (χ3v) is 14.0. The summed E-state index contributed by atoms with van der Waals surface area (Å²) in [7, 11) is 0. The average molecular weight is 707 g/mol. The Bertz CT molecular complexity index is 2500. The first-order valence-electron chi connectivity index (χ1n) is 19.6. The molecule has 4 heteroatoms. The van der Waals surface area contributed by atoms with E-state index in [0.29, 0.717) is 5.92 Å². The normalized spacial score (nSPS) is 17.9. The molecule has 5 aromatic carbocycles. The van der Waals surface area contributed by atoms with Crippen LogP contribution in [0.4, 0.5) is 28.4 Å². The van der Waals surface area contributed by atoms with Gasteiger partial charge >= 0.3 is 0 Å². The maximum Gasteiger partial charge on any atom is 0.264 e. The van der Waals surface area contributed by atoms with Crippen LogP contribution in [0.2, 0.25) is 0 Å². The molecule has 0 amide bonds. The molecule has 1 aromatic heterocycles. The number of nitrogens with zero attached hydrogens (tertiary/aromatic N) is 2. The Morgan fingerprint density at radius 1 is 0.660 bits per heavy atom. The maximum atomic E-state index is 2.66. The minimum absolute atomic E-state index is 0.106. The smallest absolute Gasteiger partial charge is 0.264 e. The highest BCUT2D eigenvalue weighted by molar-refractivity contribution is 7.33. The quantitative estimate of drug-likeness (QED) is 0.168. The van der Waals surface area contributed by atoms with Crippen molar-refractivity contribution in [1.29, 1.82) is 0 Å². The topological polar surface area (TPSA) is 6.48 Å². The summed E-state index contributed by atoms with van der Waals surface area (Å²) in [4.78, 5) is 5.25. The highest BCUT2D eigenvalue weighted by Gasteiger charge is 2.48. The van der Waals surface area contributed by atoms with Crippen molar-refractivity contribution in [2.75, 3.05) is 9.80 Å². The van der Waals surface area contributed by atoms with E-state index >= 15 is 0 Å². The van der Waals surface area contributed by atoms with Gasteiger partial charge in [0.1, 0.15) is 0 Å². The lowest BCUT2D eigenvalue weighted by Crippen LogP contribution is -2.61. The molecule has 0 spiro atoms. The van der Waals surface area contributed by atoms with E-state index in [-0.39, 0.29) is 17.5 Å². The van der Waals surface area contributed by atoms with E-state index in [2.05, 4.69) is 173 Å². The van der Waals surface area contributed by atoms with E-state index in [0.717, 1.165) is 12.8 Å². The molecule has 2 nitrogen and oxygen atoms in total. The van der Waals surface area contributed by atoms with Gasteiger partial charge in [-0.25, -0.2) is 0 Å². The molecular formula is C49H47BN2S. The Morgan fingerprint density at radius 3 is 2.06 bits per heavy atom. The molecule has 10 rings (SSSR count). The summed E-state index contributed by atoms with van der Waals surface area (Å²) in [5, 5.41) is 1.34. The summed E-state index contributed by atoms with van der Waals surface area (Å²) in [6.07, 6.45) is 9.45. The van der Waals surface area contributed by atoms with Crippen molar-refractivity contribution in [2.45, 2.75) is 84.0 Å². The van der Waals surface area contributed by atoms with E-state index in [4.69, 9.17) is 0 Å². The molecule has 0 atom stereocenters. The predicted molar refractivity (Wildman–Crippen MR) is 231 cm³/mol. The lowest BCUT2D eigenvalue weighted by atomic mass is 9.35. The van der Waals surface area contributed by atoms with Crippen LogP contribution in [-0.4, -0.2) is 6.71 Å². The molecule has 2 aliphatic carbocycles. The fourth-order valence-electron chi connectivity index (χ4n) is 9.72. The van der Waals surface area contributed by atoms with Gasteiger partial charge in [-0.3, -0.25) is 0 Å². The lowest BCUT2D eigenvalue weighted by Gasteiger charge is -2.47. The van der Waals surface area contributed by atoms with E-state index in [1.54, 1.807) is 0 Å². The van der Waals surface area contributed by atoms with Crippen LogP contribution >= 0.6 is 11.3 Å². The van der Waals surface area contributed by atoms with Crippen molar-refractivity contribution >= 4 is 77.8 Å². The molecule has 6 aromatic rings. The number of hydrogen-bond donors (Lipinski definition) is 0. The van der Waals surface area contributed by atoms with Crippen LogP contribution in [0.5, 0.6) is 0 Å². The molecule has 0 fully saturated rings. The van der Waals surface area contributed by atoms with Crippen LogP contribution < -0.4 is 25.5 Å². The molecule has 3 heterocycles. The molecule has 0 radical (unpaired) electrons. The van der Waals surface area contributed by atoms with Crippen molar-refractivity contribution in [1.82, 2.24) is 0 Å². The first-order chi connectivity index (χ1) is 25.6. The third-order valence-electron chi connectivity index (χ3n) is 12.7. The second-order valence-electron chi connectivity index (χ2n) is 17.2. The Balaban J connectivity index is 1.30. The van der Waals surface area contributed by atoms with Gasteiger partial charge in [-0.05, 0) is 112 Å². The number of allylic oxidation sites excluding steroid dienone is 3. The summed E-state index contributed by atoms with van der Waals surface area (Å²) >= 11 is 2.00. The lowest BCUT2D eigenvalue weighted by molar-refractivity contribution is 0.332. The summed E-state index contributed by atoms with van der Waals surface area (Å²) < 4.78 is 2.81. The molecule has 0 saturated heterocycles. The van der Waals surface area contributed by atoms with Gasteiger partial charge in [-0.2, -0.15) is 0 Å². The zero-order chi connectivity index (χ0) is 36.2.